The number of carbonyl (C=O) groups excluding carboxylic acids is 1. The average Bonchev–Trinajstić information content (AvgIpc) is 2.59. The van der Waals surface area contributed by atoms with Gasteiger partial charge in [-0.25, -0.2) is 0 Å². The highest BCUT2D eigenvalue weighted by Crippen LogP contribution is 2.43. The van der Waals surface area contributed by atoms with Crippen molar-refractivity contribution < 1.29 is 14.6 Å². The second-order valence-corrected chi connectivity index (χ2v) is 7.38. The fourth-order valence-electron chi connectivity index (χ4n) is 3.72. The van der Waals surface area contributed by atoms with E-state index in [1.165, 1.54) is 0 Å². The lowest BCUT2D eigenvalue weighted by Crippen LogP contribution is -2.56. The summed E-state index contributed by atoms with van der Waals surface area (Å²) >= 11 is 0. The van der Waals surface area contributed by atoms with E-state index in [1.54, 1.807) is 0 Å². The third kappa shape index (κ3) is 2.86. The molecule has 5 heteroatoms. The molecule has 0 bridgehead atoms. The van der Waals surface area contributed by atoms with Gasteiger partial charge in [0.15, 0.2) is 5.60 Å². The number of carbonyl (C=O) groups is 1. The highest BCUT2D eigenvalue weighted by atomic mass is 16.5. The molecule has 1 saturated heterocycles. The van der Waals surface area contributed by atoms with Crippen LogP contribution in [0.5, 0.6) is 11.5 Å². The summed E-state index contributed by atoms with van der Waals surface area (Å²) in [5.74, 6) is 1.08. The lowest BCUT2D eigenvalue weighted by molar-refractivity contribution is -0.137. The molecule has 2 atom stereocenters. The molecule has 3 rings (SSSR count). The molecule has 2 aliphatic heterocycles. The highest BCUT2D eigenvalue weighted by Gasteiger charge is 2.41. The van der Waals surface area contributed by atoms with Crippen LogP contribution in [0.2, 0.25) is 0 Å². The summed E-state index contributed by atoms with van der Waals surface area (Å²) < 4.78 is 6.23. The zero-order valence-electron chi connectivity index (χ0n) is 15.1. The first kappa shape index (κ1) is 17.1. The zero-order chi connectivity index (χ0) is 17.5. The lowest BCUT2D eigenvalue weighted by atomic mass is 9.86. The van der Waals surface area contributed by atoms with Crippen molar-refractivity contribution in [3.8, 4) is 11.5 Å². The van der Waals surface area contributed by atoms with E-state index in [2.05, 4.69) is 10.6 Å². The predicted molar refractivity (Wildman–Crippen MR) is 93.7 cm³/mol. The highest BCUT2D eigenvalue weighted by molar-refractivity contribution is 5.86. The van der Waals surface area contributed by atoms with Crippen LogP contribution in [0, 0.1) is 20.8 Å². The largest absolute Gasteiger partial charge is 0.507 e. The van der Waals surface area contributed by atoms with Gasteiger partial charge >= 0.3 is 0 Å². The van der Waals surface area contributed by atoms with Crippen LogP contribution in [-0.2, 0) is 11.2 Å². The SMILES string of the molecule is Cc1c(C)c2c(c(C)c1O)CC[C@@](C)(C(=O)NC1CCCNC1)O2. The number of benzene rings is 1. The van der Waals surface area contributed by atoms with E-state index >= 15 is 0 Å². The van der Waals surface area contributed by atoms with Crippen LogP contribution < -0.4 is 15.4 Å². The quantitative estimate of drug-likeness (QED) is 0.777. The fourth-order valence-corrected chi connectivity index (χ4v) is 3.72. The summed E-state index contributed by atoms with van der Waals surface area (Å²) in [6, 6.07) is 0.178. The molecule has 0 radical (unpaired) electrons. The number of hydrogen-bond donors (Lipinski definition) is 3. The first-order chi connectivity index (χ1) is 11.3. The molecule has 2 aliphatic rings. The molecule has 1 aromatic rings. The smallest absolute Gasteiger partial charge is 0.264 e. The minimum absolute atomic E-state index is 0.0374. The van der Waals surface area contributed by atoms with Crippen molar-refractivity contribution >= 4 is 5.91 Å². The van der Waals surface area contributed by atoms with Gasteiger partial charge in [-0.15, -0.1) is 0 Å². The van der Waals surface area contributed by atoms with Crippen molar-refractivity contribution in [2.75, 3.05) is 13.1 Å². The topological polar surface area (TPSA) is 70.6 Å². The summed E-state index contributed by atoms with van der Waals surface area (Å²) in [5.41, 5.74) is 2.79. The summed E-state index contributed by atoms with van der Waals surface area (Å²) in [6.07, 6.45) is 3.45. The van der Waals surface area contributed by atoms with Gasteiger partial charge in [0.05, 0.1) is 0 Å². The molecule has 5 nitrogen and oxygen atoms in total. The first-order valence-corrected chi connectivity index (χ1v) is 8.86. The molecule has 2 heterocycles. The monoisotopic (exact) mass is 332 g/mol. The molecule has 1 amide bonds. The Balaban J connectivity index is 1.84. The number of nitrogens with one attached hydrogen (secondary N) is 2. The number of rotatable bonds is 2. The normalized spacial score (nSPS) is 26.4. The molecule has 24 heavy (non-hydrogen) atoms. The molecule has 0 aromatic heterocycles. The molecule has 0 saturated carbocycles. The number of fused-ring (bicyclic) bond motifs is 1. The molecule has 132 valence electrons. The van der Waals surface area contributed by atoms with Gasteiger partial charge in [-0.2, -0.15) is 0 Å². The zero-order valence-corrected chi connectivity index (χ0v) is 15.1. The Morgan fingerprint density at radius 1 is 1.29 bits per heavy atom. The fraction of sp³-hybridized carbons (Fsp3) is 0.632. The summed E-state index contributed by atoms with van der Waals surface area (Å²) in [4.78, 5) is 12.8. The Morgan fingerprint density at radius 2 is 2.04 bits per heavy atom. The van der Waals surface area contributed by atoms with E-state index in [4.69, 9.17) is 4.74 Å². The van der Waals surface area contributed by atoms with Crippen LogP contribution >= 0.6 is 0 Å². The van der Waals surface area contributed by atoms with Crippen molar-refractivity contribution in [1.29, 1.82) is 0 Å². The maximum absolute atomic E-state index is 12.8. The van der Waals surface area contributed by atoms with Crippen LogP contribution in [0.4, 0.5) is 0 Å². The number of phenols is 1. The van der Waals surface area contributed by atoms with Gasteiger partial charge in [-0.05, 0) is 70.2 Å². The Morgan fingerprint density at radius 3 is 2.71 bits per heavy atom. The number of phenolic OH excluding ortho intramolecular Hbond substituents is 1. The Hall–Kier alpha value is -1.75. The van der Waals surface area contributed by atoms with Crippen molar-refractivity contribution in [2.24, 2.45) is 0 Å². The maximum atomic E-state index is 12.8. The second-order valence-electron chi connectivity index (χ2n) is 7.38. The molecule has 3 N–H and O–H groups in total. The van der Waals surface area contributed by atoms with E-state index in [9.17, 15) is 9.90 Å². The van der Waals surface area contributed by atoms with Gasteiger partial charge < -0.3 is 20.5 Å². The van der Waals surface area contributed by atoms with Crippen LogP contribution in [0.25, 0.3) is 0 Å². The van der Waals surface area contributed by atoms with E-state index in [0.29, 0.717) is 12.2 Å². The van der Waals surface area contributed by atoms with E-state index in [0.717, 1.165) is 60.4 Å². The van der Waals surface area contributed by atoms with Crippen molar-refractivity contribution in [1.82, 2.24) is 10.6 Å². The molecule has 0 spiro atoms. The predicted octanol–water partition coefficient (Wildman–Crippen LogP) is 2.27. The number of piperidine rings is 1. The standard InChI is InChI=1S/C19H28N2O3/c1-11-12(2)17-15(13(3)16(11)22)7-8-19(4,24-17)18(23)21-14-6-5-9-20-10-14/h14,20,22H,5-10H2,1-4H3,(H,21,23)/t14?,19-/m0/s1. The van der Waals surface area contributed by atoms with Crippen molar-refractivity contribution in [3.05, 3.63) is 22.3 Å². The molecule has 1 unspecified atom stereocenters. The number of ether oxygens (including phenoxy) is 1. The average molecular weight is 332 g/mol. The second kappa shape index (κ2) is 6.28. The van der Waals surface area contributed by atoms with Gasteiger partial charge in [-0.1, -0.05) is 0 Å². The molecular formula is C19H28N2O3. The first-order valence-electron chi connectivity index (χ1n) is 8.86. The van der Waals surface area contributed by atoms with Gasteiger partial charge in [0.2, 0.25) is 0 Å². The minimum atomic E-state index is -0.856. The van der Waals surface area contributed by atoms with Crippen molar-refractivity contribution in [3.63, 3.8) is 0 Å². The van der Waals surface area contributed by atoms with Crippen LogP contribution in [0.1, 0.15) is 48.4 Å². The van der Waals surface area contributed by atoms with E-state index < -0.39 is 5.60 Å². The van der Waals surface area contributed by atoms with Crippen LogP contribution in [0.3, 0.4) is 0 Å². The third-order valence-electron chi connectivity index (χ3n) is 5.63. The van der Waals surface area contributed by atoms with Crippen LogP contribution in [0.15, 0.2) is 0 Å². The number of hydrogen-bond acceptors (Lipinski definition) is 4. The Kier molecular flexibility index (Phi) is 4.47. The van der Waals surface area contributed by atoms with Gasteiger partial charge in [0, 0.05) is 24.6 Å². The van der Waals surface area contributed by atoms with Gasteiger partial charge in [0.25, 0.3) is 5.91 Å². The summed E-state index contributed by atoms with van der Waals surface area (Å²) in [7, 11) is 0. The number of aromatic hydroxyl groups is 1. The van der Waals surface area contributed by atoms with Crippen molar-refractivity contribution in [2.45, 2.75) is 65.0 Å². The van der Waals surface area contributed by atoms with Gasteiger partial charge in [-0.3, -0.25) is 4.79 Å². The van der Waals surface area contributed by atoms with E-state index in [1.807, 2.05) is 27.7 Å². The van der Waals surface area contributed by atoms with Gasteiger partial charge in [0.1, 0.15) is 11.5 Å². The minimum Gasteiger partial charge on any atom is -0.507 e. The van der Waals surface area contributed by atoms with E-state index in [-0.39, 0.29) is 11.9 Å². The molecule has 1 fully saturated rings. The molecule has 0 aliphatic carbocycles. The maximum Gasteiger partial charge on any atom is 0.264 e. The lowest BCUT2D eigenvalue weighted by Gasteiger charge is -2.38. The number of amides is 1. The third-order valence-corrected chi connectivity index (χ3v) is 5.63. The van der Waals surface area contributed by atoms with Crippen LogP contribution in [-0.4, -0.2) is 35.7 Å². The molecule has 1 aromatic carbocycles. The Labute approximate surface area is 143 Å². The summed E-state index contributed by atoms with van der Waals surface area (Å²) in [5, 5.41) is 16.7. The summed E-state index contributed by atoms with van der Waals surface area (Å²) in [6.45, 7) is 9.47. The Bertz CT molecular complexity index is 665. The molecular weight excluding hydrogens is 304 g/mol.